The van der Waals surface area contributed by atoms with Crippen molar-refractivity contribution in [3.05, 3.63) is 63.6 Å². The summed E-state index contributed by atoms with van der Waals surface area (Å²) in [5.74, 6) is -0.723. The standard InChI is InChI=1S/C19H17BrN2O3/c1-12-8-9-13(11-16(12)20)21-17(23)7-4-10-22-18(24)14-5-2-3-6-15(14)19(22)25/h2-3,5-6,8-9,11H,4,7,10H2,1H3,(H,21,23). The molecule has 25 heavy (non-hydrogen) atoms. The van der Waals surface area contributed by atoms with Crippen molar-refractivity contribution < 1.29 is 14.4 Å². The Kier molecular flexibility index (Phi) is 4.99. The average molecular weight is 401 g/mol. The molecule has 6 heteroatoms. The van der Waals surface area contributed by atoms with E-state index in [2.05, 4.69) is 21.2 Å². The van der Waals surface area contributed by atoms with Crippen LogP contribution in [0.15, 0.2) is 46.9 Å². The normalized spacial score (nSPS) is 13.1. The Hall–Kier alpha value is -2.47. The van der Waals surface area contributed by atoms with Crippen molar-refractivity contribution in [2.75, 3.05) is 11.9 Å². The lowest BCUT2D eigenvalue weighted by Gasteiger charge is -2.13. The molecule has 0 aliphatic carbocycles. The molecule has 2 aromatic rings. The minimum atomic E-state index is -0.288. The second-order valence-corrected chi connectivity index (χ2v) is 6.78. The van der Waals surface area contributed by atoms with E-state index in [1.54, 1.807) is 24.3 Å². The van der Waals surface area contributed by atoms with E-state index in [0.717, 1.165) is 10.0 Å². The monoisotopic (exact) mass is 400 g/mol. The van der Waals surface area contributed by atoms with Crippen LogP contribution in [0.2, 0.25) is 0 Å². The van der Waals surface area contributed by atoms with Crippen LogP contribution in [0.1, 0.15) is 39.1 Å². The Balaban J connectivity index is 1.53. The van der Waals surface area contributed by atoms with Gasteiger partial charge in [0.1, 0.15) is 0 Å². The Morgan fingerprint density at radius 1 is 1.08 bits per heavy atom. The summed E-state index contributed by atoms with van der Waals surface area (Å²) in [6.45, 7) is 2.20. The Morgan fingerprint density at radius 3 is 2.32 bits per heavy atom. The van der Waals surface area contributed by atoms with Crippen LogP contribution in [0, 0.1) is 6.92 Å². The predicted octanol–water partition coefficient (Wildman–Crippen LogP) is 3.77. The van der Waals surface area contributed by atoms with Crippen molar-refractivity contribution >= 4 is 39.3 Å². The van der Waals surface area contributed by atoms with Crippen LogP contribution in [0.5, 0.6) is 0 Å². The first-order valence-electron chi connectivity index (χ1n) is 7.98. The highest BCUT2D eigenvalue weighted by Gasteiger charge is 2.34. The highest BCUT2D eigenvalue weighted by Crippen LogP contribution is 2.23. The number of halogens is 1. The molecule has 1 N–H and O–H groups in total. The summed E-state index contributed by atoms with van der Waals surface area (Å²) in [7, 11) is 0. The van der Waals surface area contributed by atoms with E-state index >= 15 is 0 Å². The highest BCUT2D eigenvalue weighted by molar-refractivity contribution is 9.10. The molecule has 0 saturated heterocycles. The third-order valence-corrected chi connectivity index (χ3v) is 4.97. The molecule has 0 atom stereocenters. The molecule has 0 radical (unpaired) electrons. The molecule has 0 unspecified atom stereocenters. The number of fused-ring (bicyclic) bond motifs is 1. The Labute approximate surface area is 154 Å². The van der Waals surface area contributed by atoms with Crippen LogP contribution in [0.25, 0.3) is 0 Å². The molecular weight excluding hydrogens is 384 g/mol. The van der Waals surface area contributed by atoms with Crippen molar-refractivity contribution in [1.29, 1.82) is 0 Å². The molecule has 2 aromatic carbocycles. The summed E-state index contributed by atoms with van der Waals surface area (Å²) in [6, 6.07) is 12.4. The molecule has 128 valence electrons. The minimum absolute atomic E-state index is 0.146. The number of aryl methyl sites for hydroxylation is 1. The van der Waals surface area contributed by atoms with Crippen LogP contribution in [0.3, 0.4) is 0 Å². The number of carbonyl (C=O) groups is 3. The molecule has 5 nitrogen and oxygen atoms in total. The lowest BCUT2D eigenvalue weighted by atomic mass is 10.1. The molecule has 1 aliphatic heterocycles. The van der Waals surface area contributed by atoms with Gasteiger partial charge in [0.15, 0.2) is 0 Å². The van der Waals surface area contributed by atoms with Gasteiger partial charge in [-0.25, -0.2) is 0 Å². The van der Waals surface area contributed by atoms with Crippen molar-refractivity contribution in [2.24, 2.45) is 0 Å². The van der Waals surface area contributed by atoms with Gasteiger partial charge in [0.25, 0.3) is 11.8 Å². The fourth-order valence-corrected chi connectivity index (χ4v) is 3.11. The summed E-state index contributed by atoms with van der Waals surface area (Å²) in [5.41, 5.74) is 2.66. The SMILES string of the molecule is Cc1ccc(NC(=O)CCCN2C(=O)c3ccccc3C2=O)cc1Br. The average Bonchev–Trinajstić information content (AvgIpc) is 2.83. The van der Waals surface area contributed by atoms with Crippen molar-refractivity contribution in [1.82, 2.24) is 4.90 Å². The summed E-state index contributed by atoms with van der Waals surface area (Å²) in [4.78, 5) is 37.7. The fourth-order valence-electron chi connectivity index (χ4n) is 2.73. The van der Waals surface area contributed by atoms with Gasteiger partial charge in [0.05, 0.1) is 11.1 Å². The predicted molar refractivity (Wildman–Crippen MR) is 98.6 cm³/mol. The van der Waals surface area contributed by atoms with Gasteiger partial charge in [-0.05, 0) is 43.2 Å². The smallest absolute Gasteiger partial charge is 0.261 e. The fraction of sp³-hybridized carbons (Fsp3) is 0.211. The number of imide groups is 1. The largest absolute Gasteiger partial charge is 0.326 e. The first-order chi connectivity index (χ1) is 12.0. The zero-order valence-corrected chi connectivity index (χ0v) is 15.3. The van der Waals surface area contributed by atoms with Crippen LogP contribution in [0.4, 0.5) is 5.69 Å². The van der Waals surface area contributed by atoms with Crippen molar-refractivity contribution in [3.63, 3.8) is 0 Å². The van der Waals surface area contributed by atoms with E-state index < -0.39 is 0 Å². The second kappa shape index (κ2) is 7.19. The van der Waals surface area contributed by atoms with Gasteiger partial charge in [-0.15, -0.1) is 0 Å². The molecule has 0 spiro atoms. The van der Waals surface area contributed by atoms with Gasteiger partial charge in [-0.1, -0.05) is 34.1 Å². The van der Waals surface area contributed by atoms with Gasteiger partial charge < -0.3 is 5.32 Å². The van der Waals surface area contributed by atoms with Crippen LogP contribution >= 0.6 is 15.9 Å². The molecular formula is C19H17BrN2O3. The zero-order chi connectivity index (χ0) is 18.0. The molecule has 0 aromatic heterocycles. The molecule has 0 saturated carbocycles. The third-order valence-electron chi connectivity index (χ3n) is 4.12. The number of rotatable bonds is 5. The maximum absolute atomic E-state index is 12.2. The molecule has 3 amide bonds. The van der Waals surface area contributed by atoms with E-state index in [-0.39, 0.29) is 30.7 Å². The summed E-state index contributed by atoms with van der Waals surface area (Å²) >= 11 is 3.43. The number of hydrogen-bond donors (Lipinski definition) is 1. The highest BCUT2D eigenvalue weighted by atomic mass is 79.9. The molecule has 1 heterocycles. The van der Waals surface area contributed by atoms with Gasteiger partial charge in [-0.3, -0.25) is 19.3 Å². The number of anilines is 1. The second-order valence-electron chi connectivity index (χ2n) is 5.92. The maximum atomic E-state index is 12.2. The summed E-state index contributed by atoms with van der Waals surface area (Å²) in [6.07, 6.45) is 0.656. The van der Waals surface area contributed by atoms with Crippen LogP contribution < -0.4 is 5.32 Å². The van der Waals surface area contributed by atoms with Gasteiger partial charge in [0, 0.05) is 23.1 Å². The molecule has 3 rings (SSSR count). The topological polar surface area (TPSA) is 66.5 Å². The lowest BCUT2D eigenvalue weighted by Crippen LogP contribution is -2.31. The number of hydrogen-bond acceptors (Lipinski definition) is 3. The first kappa shape index (κ1) is 17.4. The van der Waals surface area contributed by atoms with Gasteiger partial charge in [0.2, 0.25) is 5.91 Å². The number of amides is 3. The van der Waals surface area contributed by atoms with E-state index in [1.807, 2.05) is 25.1 Å². The van der Waals surface area contributed by atoms with Gasteiger partial charge >= 0.3 is 0 Å². The third kappa shape index (κ3) is 3.64. The van der Waals surface area contributed by atoms with Crippen molar-refractivity contribution in [3.8, 4) is 0 Å². The Morgan fingerprint density at radius 2 is 1.72 bits per heavy atom. The zero-order valence-electron chi connectivity index (χ0n) is 13.7. The molecule has 0 bridgehead atoms. The van der Waals surface area contributed by atoms with Crippen molar-refractivity contribution in [2.45, 2.75) is 19.8 Å². The minimum Gasteiger partial charge on any atom is -0.326 e. The van der Waals surface area contributed by atoms with E-state index in [4.69, 9.17) is 0 Å². The van der Waals surface area contributed by atoms with Crippen LogP contribution in [-0.2, 0) is 4.79 Å². The van der Waals surface area contributed by atoms with Gasteiger partial charge in [-0.2, -0.15) is 0 Å². The first-order valence-corrected chi connectivity index (χ1v) is 8.78. The van der Waals surface area contributed by atoms with E-state index in [1.165, 1.54) is 4.90 Å². The summed E-state index contributed by atoms with van der Waals surface area (Å²) < 4.78 is 0.927. The quantitative estimate of drug-likeness (QED) is 0.776. The molecule has 1 aliphatic rings. The van der Waals surface area contributed by atoms with Crippen LogP contribution in [-0.4, -0.2) is 29.2 Å². The summed E-state index contributed by atoms with van der Waals surface area (Å²) in [5, 5.41) is 2.82. The lowest BCUT2D eigenvalue weighted by molar-refractivity contribution is -0.116. The van der Waals surface area contributed by atoms with E-state index in [9.17, 15) is 14.4 Å². The number of carbonyl (C=O) groups excluding carboxylic acids is 3. The number of nitrogens with one attached hydrogen (secondary N) is 1. The number of benzene rings is 2. The Bertz CT molecular complexity index is 828. The maximum Gasteiger partial charge on any atom is 0.261 e. The molecule has 0 fully saturated rings. The van der Waals surface area contributed by atoms with E-state index in [0.29, 0.717) is 23.2 Å². The number of nitrogens with zero attached hydrogens (tertiary/aromatic N) is 1.